The standard InChI is InChI=1S/C22H27N3O4S/c1-14(2)22(29)25-10-3-4-15-5-6-17(12-18(15)25)24-21(28)20(27)23-9-7-19(26)16-8-11-30-13-16/h5-6,8,11-14,19,26H,3-4,7,9-10H2,1-2H3,(H,23,27)(H,24,28)/t19-/m1/s1. The molecule has 0 spiro atoms. The molecule has 0 radical (unpaired) electrons. The molecule has 7 nitrogen and oxygen atoms in total. The SMILES string of the molecule is CC(C)C(=O)N1CCCc2ccc(NC(=O)C(=O)NCC[C@@H](O)c3ccsc3)cc21. The number of thiophene rings is 1. The zero-order valence-electron chi connectivity index (χ0n) is 17.2. The quantitative estimate of drug-likeness (QED) is 0.615. The van der Waals surface area contributed by atoms with Gasteiger partial charge in [-0.25, -0.2) is 0 Å². The number of hydrogen-bond acceptors (Lipinski definition) is 5. The Kier molecular flexibility index (Phi) is 7.23. The summed E-state index contributed by atoms with van der Waals surface area (Å²) in [6.07, 6.45) is 1.42. The summed E-state index contributed by atoms with van der Waals surface area (Å²) in [5.41, 5.74) is 3.11. The molecule has 3 rings (SSSR count). The van der Waals surface area contributed by atoms with Crippen LogP contribution in [0.4, 0.5) is 11.4 Å². The fourth-order valence-corrected chi connectivity index (χ4v) is 4.12. The largest absolute Gasteiger partial charge is 0.388 e. The minimum Gasteiger partial charge on any atom is -0.388 e. The van der Waals surface area contributed by atoms with Crippen LogP contribution >= 0.6 is 11.3 Å². The lowest BCUT2D eigenvalue weighted by atomic mass is 9.99. The summed E-state index contributed by atoms with van der Waals surface area (Å²) in [6.45, 7) is 4.56. The van der Waals surface area contributed by atoms with Crippen LogP contribution in [0.15, 0.2) is 35.0 Å². The zero-order valence-corrected chi connectivity index (χ0v) is 18.0. The van der Waals surface area contributed by atoms with E-state index in [9.17, 15) is 19.5 Å². The molecule has 0 saturated heterocycles. The van der Waals surface area contributed by atoms with Gasteiger partial charge in [-0.2, -0.15) is 11.3 Å². The van der Waals surface area contributed by atoms with Gasteiger partial charge in [0.1, 0.15) is 0 Å². The second-order valence-electron chi connectivity index (χ2n) is 7.66. The zero-order chi connectivity index (χ0) is 21.7. The minimum atomic E-state index is -0.780. The van der Waals surface area contributed by atoms with Crippen LogP contribution in [0.3, 0.4) is 0 Å². The number of aliphatic hydroxyl groups excluding tert-OH is 1. The lowest BCUT2D eigenvalue weighted by Crippen LogP contribution is -2.38. The van der Waals surface area contributed by atoms with Gasteiger partial charge in [-0.15, -0.1) is 0 Å². The monoisotopic (exact) mass is 429 g/mol. The molecule has 1 atom stereocenters. The number of fused-ring (bicyclic) bond motifs is 1. The summed E-state index contributed by atoms with van der Waals surface area (Å²) < 4.78 is 0. The Morgan fingerprint density at radius 3 is 2.70 bits per heavy atom. The van der Waals surface area contributed by atoms with E-state index in [0.29, 0.717) is 18.7 Å². The molecule has 0 saturated carbocycles. The van der Waals surface area contributed by atoms with Crippen LogP contribution in [-0.4, -0.2) is 35.9 Å². The Morgan fingerprint density at radius 2 is 2.00 bits per heavy atom. The molecule has 160 valence electrons. The smallest absolute Gasteiger partial charge is 0.313 e. The second-order valence-corrected chi connectivity index (χ2v) is 8.44. The average molecular weight is 430 g/mol. The van der Waals surface area contributed by atoms with E-state index in [1.165, 1.54) is 11.3 Å². The van der Waals surface area contributed by atoms with Crippen LogP contribution < -0.4 is 15.5 Å². The number of nitrogens with zero attached hydrogens (tertiary/aromatic N) is 1. The molecule has 2 aromatic rings. The maximum atomic E-state index is 12.5. The van der Waals surface area contributed by atoms with E-state index >= 15 is 0 Å². The van der Waals surface area contributed by atoms with Gasteiger partial charge in [0.05, 0.1) is 6.10 Å². The Labute approximate surface area is 180 Å². The number of nitrogens with one attached hydrogen (secondary N) is 2. The van der Waals surface area contributed by atoms with Gasteiger partial charge < -0.3 is 20.6 Å². The van der Waals surface area contributed by atoms with Crippen LogP contribution in [-0.2, 0) is 20.8 Å². The van der Waals surface area contributed by atoms with Crippen molar-refractivity contribution in [2.24, 2.45) is 5.92 Å². The topological polar surface area (TPSA) is 98.7 Å². The molecule has 1 aliphatic rings. The first kappa shape index (κ1) is 22.0. The molecular weight excluding hydrogens is 402 g/mol. The molecule has 1 aromatic heterocycles. The van der Waals surface area contributed by atoms with Crippen molar-refractivity contribution < 1.29 is 19.5 Å². The third-order valence-corrected chi connectivity index (χ3v) is 5.76. The molecule has 8 heteroatoms. The van der Waals surface area contributed by atoms with E-state index < -0.39 is 17.9 Å². The molecular formula is C22H27N3O4S. The number of aliphatic hydroxyl groups is 1. The van der Waals surface area contributed by atoms with Crippen molar-refractivity contribution in [3.63, 3.8) is 0 Å². The van der Waals surface area contributed by atoms with E-state index in [4.69, 9.17) is 0 Å². The first-order chi connectivity index (χ1) is 14.4. The van der Waals surface area contributed by atoms with Crippen LogP contribution in [0.25, 0.3) is 0 Å². The molecule has 1 aromatic carbocycles. The number of aryl methyl sites for hydroxylation is 1. The predicted octanol–water partition coefficient (Wildman–Crippen LogP) is 2.86. The Balaban J connectivity index is 1.58. The minimum absolute atomic E-state index is 0.0429. The average Bonchev–Trinajstić information content (AvgIpc) is 3.27. The summed E-state index contributed by atoms with van der Waals surface area (Å²) in [4.78, 5) is 38.6. The first-order valence-electron chi connectivity index (χ1n) is 10.1. The molecule has 3 amide bonds. The fourth-order valence-electron chi connectivity index (χ4n) is 3.41. The molecule has 2 heterocycles. The van der Waals surface area contributed by atoms with E-state index in [1.807, 2.05) is 36.7 Å². The van der Waals surface area contributed by atoms with Crippen LogP contribution in [0, 0.1) is 5.92 Å². The number of carbonyl (C=O) groups excluding carboxylic acids is 3. The number of anilines is 2. The highest BCUT2D eigenvalue weighted by Gasteiger charge is 2.25. The van der Waals surface area contributed by atoms with Gasteiger partial charge >= 0.3 is 11.8 Å². The Morgan fingerprint density at radius 1 is 1.20 bits per heavy atom. The number of benzene rings is 1. The number of carbonyl (C=O) groups is 3. The van der Waals surface area contributed by atoms with Crippen molar-refractivity contribution in [2.45, 2.75) is 39.2 Å². The van der Waals surface area contributed by atoms with Crippen molar-refractivity contribution in [3.05, 3.63) is 46.2 Å². The van der Waals surface area contributed by atoms with Gasteiger partial charge in [0.2, 0.25) is 5.91 Å². The van der Waals surface area contributed by atoms with Gasteiger partial charge in [0.15, 0.2) is 0 Å². The molecule has 30 heavy (non-hydrogen) atoms. The molecule has 0 unspecified atom stereocenters. The maximum absolute atomic E-state index is 12.5. The molecule has 3 N–H and O–H groups in total. The van der Waals surface area contributed by atoms with E-state index in [2.05, 4.69) is 10.6 Å². The molecule has 1 aliphatic heterocycles. The van der Waals surface area contributed by atoms with Crippen molar-refractivity contribution in [2.75, 3.05) is 23.3 Å². The van der Waals surface area contributed by atoms with Gasteiger partial charge in [0, 0.05) is 30.4 Å². The second kappa shape index (κ2) is 9.86. The van der Waals surface area contributed by atoms with Crippen molar-refractivity contribution in [3.8, 4) is 0 Å². The fraction of sp³-hybridized carbons (Fsp3) is 0.409. The number of rotatable bonds is 6. The lowest BCUT2D eigenvalue weighted by molar-refractivity contribution is -0.136. The normalized spacial score (nSPS) is 14.2. The maximum Gasteiger partial charge on any atom is 0.313 e. The van der Waals surface area contributed by atoms with Crippen LogP contribution in [0.1, 0.15) is 43.9 Å². The lowest BCUT2D eigenvalue weighted by Gasteiger charge is -2.31. The van der Waals surface area contributed by atoms with E-state index in [0.717, 1.165) is 29.7 Å². The molecule has 0 aliphatic carbocycles. The third-order valence-electron chi connectivity index (χ3n) is 5.06. The first-order valence-corrected chi connectivity index (χ1v) is 11.0. The van der Waals surface area contributed by atoms with Crippen molar-refractivity contribution in [1.29, 1.82) is 0 Å². The summed E-state index contributed by atoms with van der Waals surface area (Å²) in [5, 5.41) is 18.9. The highest BCUT2D eigenvalue weighted by atomic mass is 32.1. The third kappa shape index (κ3) is 5.25. The number of hydrogen-bond donors (Lipinski definition) is 3. The summed E-state index contributed by atoms with van der Waals surface area (Å²) in [5.74, 6) is -1.62. The van der Waals surface area contributed by atoms with Gasteiger partial charge in [-0.1, -0.05) is 19.9 Å². The molecule has 0 bridgehead atoms. The Bertz CT molecular complexity index is 911. The van der Waals surface area contributed by atoms with Crippen molar-refractivity contribution in [1.82, 2.24) is 5.32 Å². The van der Waals surface area contributed by atoms with Crippen LogP contribution in [0.2, 0.25) is 0 Å². The van der Waals surface area contributed by atoms with E-state index in [1.54, 1.807) is 17.0 Å². The van der Waals surface area contributed by atoms with Gasteiger partial charge in [-0.05, 0) is 59.3 Å². The predicted molar refractivity (Wildman–Crippen MR) is 117 cm³/mol. The summed E-state index contributed by atoms with van der Waals surface area (Å²) in [6, 6.07) is 7.21. The summed E-state index contributed by atoms with van der Waals surface area (Å²) in [7, 11) is 0. The van der Waals surface area contributed by atoms with Gasteiger partial charge in [-0.3, -0.25) is 14.4 Å². The van der Waals surface area contributed by atoms with Gasteiger partial charge in [0.25, 0.3) is 0 Å². The number of amides is 3. The highest BCUT2D eigenvalue weighted by Crippen LogP contribution is 2.31. The molecule has 0 fully saturated rings. The van der Waals surface area contributed by atoms with Crippen LogP contribution in [0.5, 0.6) is 0 Å². The van der Waals surface area contributed by atoms with Crippen molar-refractivity contribution >= 4 is 40.4 Å². The van der Waals surface area contributed by atoms with E-state index in [-0.39, 0.29) is 18.4 Å². The highest BCUT2D eigenvalue weighted by molar-refractivity contribution is 7.07. The summed E-state index contributed by atoms with van der Waals surface area (Å²) >= 11 is 1.49. The Hall–Kier alpha value is -2.71.